The van der Waals surface area contributed by atoms with Crippen molar-refractivity contribution in [3.05, 3.63) is 35.4 Å². The topological polar surface area (TPSA) is 52.1 Å². The van der Waals surface area contributed by atoms with Crippen LogP contribution in [-0.2, 0) is 17.8 Å². The summed E-state index contributed by atoms with van der Waals surface area (Å²) in [6, 6.07) is 9.01. The van der Waals surface area contributed by atoms with E-state index in [9.17, 15) is 0 Å². The van der Waals surface area contributed by atoms with Gasteiger partial charge in [0.2, 0.25) is 0 Å². The highest BCUT2D eigenvalue weighted by molar-refractivity contribution is 14.0. The standard InChI is InChI=1S/C23H41N5O.HI/c1-24-23(25-13-17-27(2)14-8-18-29-3)26-19-21-9-11-22(12-10-21)20-28-15-6-4-5-7-16-28;/h9-12H,4-8,13-20H2,1-3H3,(H2,24,25,26);1H. The van der Waals surface area contributed by atoms with Gasteiger partial charge >= 0.3 is 0 Å². The van der Waals surface area contributed by atoms with Crippen molar-refractivity contribution in [2.45, 2.75) is 45.2 Å². The third kappa shape index (κ3) is 11.5. The average molecular weight is 532 g/mol. The Morgan fingerprint density at radius 1 is 1.03 bits per heavy atom. The van der Waals surface area contributed by atoms with Crippen LogP contribution >= 0.6 is 24.0 Å². The summed E-state index contributed by atoms with van der Waals surface area (Å²) in [6.07, 6.45) is 6.53. The zero-order chi connectivity index (χ0) is 20.7. The van der Waals surface area contributed by atoms with E-state index < -0.39 is 0 Å². The van der Waals surface area contributed by atoms with Crippen LogP contribution in [0.3, 0.4) is 0 Å². The highest BCUT2D eigenvalue weighted by Gasteiger charge is 2.09. The molecule has 0 bridgehead atoms. The minimum Gasteiger partial charge on any atom is -0.385 e. The predicted octanol–water partition coefficient (Wildman–Crippen LogP) is 3.31. The number of halogens is 1. The van der Waals surface area contributed by atoms with Crippen LogP contribution in [0.2, 0.25) is 0 Å². The lowest BCUT2D eigenvalue weighted by molar-refractivity contribution is 0.180. The second-order valence-corrected chi connectivity index (χ2v) is 8.01. The van der Waals surface area contributed by atoms with Gasteiger partial charge < -0.3 is 20.3 Å². The minimum atomic E-state index is 0. The molecule has 0 unspecified atom stereocenters. The first-order chi connectivity index (χ1) is 14.2. The molecule has 0 aromatic heterocycles. The second-order valence-electron chi connectivity index (χ2n) is 8.01. The summed E-state index contributed by atoms with van der Waals surface area (Å²) >= 11 is 0. The third-order valence-electron chi connectivity index (χ3n) is 5.49. The van der Waals surface area contributed by atoms with E-state index >= 15 is 0 Å². The van der Waals surface area contributed by atoms with Gasteiger partial charge in [-0.05, 0) is 50.5 Å². The molecule has 30 heavy (non-hydrogen) atoms. The molecule has 0 spiro atoms. The Bertz CT molecular complexity index is 573. The van der Waals surface area contributed by atoms with E-state index in [2.05, 4.69) is 56.7 Å². The Morgan fingerprint density at radius 2 is 1.70 bits per heavy atom. The maximum absolute atomic E-state index is 5.10. The fraction of sp³-hybridized carbons (Fsp3) is 0.696. The zero-order valence-corrected chi connectivity index (χ0v) is 21.5. The molecule has 0 aliphatic carbocycles. The summed E-state index contributed by atoms with van der Waals surface area (Å²) in [6.45, 7) is 8.07. The third-order valence-corrected chi connectivity index (χ3v) is 5.49. The Morgan fingerprint density at radius 3 is 2.33 bits per heavy atom. The van der Waals surface area contributed by atoms with E-state index in [1.807, 2.05) is 7.05 Å². The molecule has 1 fully saturated rings. The molecule has 1 aromatic rings. The molecule has 1 aliphatic heterocycles. The maximum Gasteiger partial charge on any atom is 0.191 e. The van der Waals surface area contributed by atoms with Crippen LogP contribution in [-0.4, -0.2) is 76.3 Å². The molecule has 2 rings (SSSR count). The van der Waals surface area contributed by atoms with Gasteiger partial charge in [0.05, 0.1) is 0 Å². The zero-order valence-electron chi connectivity index (χ0n) is 19.2. The van der Waals surface area contributed by atoms with Gasteiger partial charge in [0.15, 0.2) is 5.96 Å². The summed E-state index contributed by atoms with van der Waals surface area (Å²) in [4.78, 5) is 9.23. The molecule has 6 nitrogen and oxygen atoms in total. The molecule has 172 valence electrons. The van der Waals surface area contributed by atoms with Crippen LogP contribution in [0.15, 0.2) is 29.3 Å². The quantitative estimate of drug-likeness (QED) is 0.199. The van der Waals surface area contributed by atoms with Crippen LogP contribution in [0.4, 0.5) is 0 Å². The van der Waals surface area contributed by atoms with Crippen LogP contribution in [0.1, 0.15) is 43.2 Å². The van der Waals surface area contributed by atoms with Gasteiger partial charge in [-0.3, -0.25) is 9.89 Å². The summed E-state index contributed by atoms with van der Waals surface area (Å²) in [5.41, 5.74) is 2.69. The van der Waals surface area contributed by atoms with Gasteiger partial charge in [0.1, 0.15) is 0 Å². The fourth-order valence-corrected chi connectivity index (χ4v) is 3.68. The lowest BCUT2D eigenvalue weighted by atomic mass is 10.1. The molecule has 1 saturated heterocycles. The van der Waals surface area contributed by atoms with E-state index in [4.69, 9.17) is 4.74 Å². The van der Waals surface area contributed by atoms with E-state index in [-0.39, 0.29) is 24.0 Å². The summed E-state index contributed by atoms with van der Waals surface area (Å²) in [5, 5.41) is 6.80. The van der Waals surface area contributed by atoms with Gasteiger partial charge in [-0.2, -0.15) is 0 Å². The number of methoxy groups -OCH3 is 1. The highest BCUT2D eigenvalue weighted by Crippen LogP contribution is 2.13. The van der Waals surface area contributed by atoms with Crippen molar-refractivity contribution in [2.24, 2.45) is 4.99 Å². The van der Waals surface area contributed by atoms with Gasteiger partial charge in [0, 0.05) is 53.5 Å². The molecule has 1 aromatic carbocycles. The van der Waals surface area contributed by atoms with Crippen molar-refractivity contribution in [1.29, 1.82) is 0 Å². The Labute approximate surface area is 200 Å². The van der Waals surface area contributed by atoms with Crippen molar-refractivity contribution < 1.29 is 4.74 Å². The predicted molar refractivity (Wildman–Crippen MR) is 138 cm³/mol. The average Bonchev–Trinajstić information content (AvgIpc) is 3.00. The molecular weight excluding hydrogens is 489 g/mol. The number of likely N-dealkylation sites (tertiary alicyclic amines) is 1. The number of ether oxygens (including phenoxy) is 1. The maximum atomic E-state index is 5.10. The summed E-state index contributed by atoms with van der Waals surface area (Å²) in [7, 11) is 5.71. The van der Waals surface area contributed by atoms with Crippen LogP contribution in [0.25, 0.3) is 0 Å². The first kappa shape index (κ1) is 27.1. The molecule has 0 radical (unpaired) electrons. The normalized spacial score (nSPS) is 15.5. The molecule has 0 amide bonds. The molecular formula is C23H42IN5O. The molecule has 1 aliphatic rings. The Balaban J connectivity index is 0.00000450. The first-order valence-corrected chi connectivity index (χ1v) is 11.1. The van der Waals surface area contributed by atoms with E-state index in [1.54, 1.807) is 7.11 Å². The molecule has 2 N–H and O–H groups in total. The van der Waals surface area contributed by atoms with Crippen molar-refractivity contribution in [2.75, 3.05) is 60.5 Å². The summed E-state index contributed by atoms with van der Waals surface area (Å²) < 4.78 is 5.10. The van der Waals surface area contributed by atoms with Gasteiger partial charge in [-0.15, -0.1) is 24.0 Å². The second kappa shape index (κ2) is 16.8. The lowest BCUT2D eigenvalue weighted by Gasteiger charge is -2.20. The van der Waals surface area contributed by atoms with Gasteiger partial charge in [0.25, 0.3) is 0 Å². The number of guanidine groups is 1. The number of aliphatic imine (C=N–C) groups is 1. The van der Waals surface area contributed by atoms with Crippen LogP contribution in [0, 0.1) is 0 Å². The van der Waals surface area contributed by atoms with Crippen molar-refractivity contribution in [3.63, 3.8) is 0 Å². The Kier molecular flexibility index (Phi) is 15.2. The number of hydrogen-bond acceptors (Lipinski definition) is 4. The Hall–Kier alpha value is -0.900. The van der Waals surface area contributed by atoms with E-state index in [1.165, 1.54) is 49.9 Å². The number of nitrogens with zero attached hydrogens (tertiary/aromatic N) is 3. The monoisotopic (exact) mass is 531 g/mol. The van der Waals surface area contributed by atoms with Crippen LogP contribution in [0.5, 0.6) is 0 Å². The van der Waals surface area contributed by atoms with Crippen molar-refractivity contribution in [3.8, 4) is 0 Å². The van der Waals surface area contributed by atoms with Crippen molar-refractivity contribution >= 4 is 29.9 Å². The first-order valence-electron chi connectivity index (χ1n) is 11.1. The number of nitrogens with one attached hydrogen (secondary N) is 2. The van der Waals surface area contributed by atoms with Gasteiger partial charge in [-0.1, -0.05) is 37.1 Å². The smallest absolute Gasteiger partial charge is 0.191 e. The molecule has 0 saturated carbocycles. The molecule has 7 heteroatoms. The summed E-state index contributed by atoms with van der Waals surface area (Å²) in [5.74, 6) is 0.851. The SMILES string of the molecule is CN=C(NCCN(C)CCCOC)NCc1ccc(CN2CCCCCC2)cc1.I. The number of rotatable bonds is 11. The number of benzene rings is 1. The highest BCUT2D eigenvalue weighted by atomic mass is 127. The fourth-order valence-electron chi connectivity index (χ4n) is 3.68. The number of hydrogen-bond donors (Lipinski definition) is 2. The number of likely N-dealkylation sites (N-methyl/N-ethyl adjacent to an activating group) is 1. The van der Waals surface area contributed by atoms with Crippen LogP contribution < -0.4 is 10.6 Å². The largest absolute Gasteiger partial charge is 0.385 e. The van der Waals surface area contributed by atoms with E-state index in [0.29, 0.717) is 0 Å². The van der Waals surface area contributed by atoms with E-state index in [0.717, 1.165) is 51.7 Å². The lowest BCUT2D eigenvalue weighted by Crippen LogP contribution is -2.40. The van der Waals surface area contributed by atoms with Crippen molar-refractivity contribution in [1.82, 2.24) is 20.4 Å². The molecule has 0 atom stereocenters. The van der Waals surface area contributed by atoms with Gasteiger partial charge in [-0.25, -0.2) is 0 Å². The minimum absolute atomic E-state index is 0. The molecule has 1 heterocycles.